The van der Waals surface area contributed by atoms with Crippen molar-refractivity contribution in [1.82, 2.24) is 9.21 Å². The lowest BCUT2D eigenvalue weighted by Crippen LogP contribution is -2.40. The van der Waals surface area contributed by atoms with Crippen molar-refractivity contribution in [1.29, 1.82) is 0 Å². The Morgan fingerprint density at radius 1 is 1.12 bits per heavy atom. The monoisotopic (exact) mass is 474 g/mol. The van der Waals surface area contributed by atoms with Gasteiger partial charge >= 0.3 is 0 Å². The minimum atomic E-state index is -3.70. The first-order chi connectivity index (χ1) is 16.0. The number of ether oxygens (including phenoxy) is 3. The van der Waals surface area contributed by atoms with Gasteiger partial charge in [-0.15, -0.1) is 0 Å². The number of rotatable bonds is 8. The Kier molecular flexibility index (Phi) is 7.64. The van der Waals surface area contributed by atoms with E-state index < -0.39 is 10.0 Å². The van der Waals surface area contributed by atoms with Gasteiger partial charge in [0.2, 0.25) is 10.0 Å². The standard InChI is InChI=1S/C24H30N2O6S/c1-30-23-10-3-2-6-20(23)17-25(18-21-8-5-13-32-21)24(27)19-7-4-9-22(16-19)33(28,29)26-11-14-31-15-12-26/h2-4,6-7,9-10,16,21H,5,8,11-15,17-18H2,1H3. The van der Waals surface area contributed by atoms with E-state index in [0.29, 0.717) is 57.3 Å². The van der Waals surface area contributed by atoms with E-state index in [2.05, 4.69) is 0 Å². The summed E-state index contributed by atoms with van der Waals surface area (Å²) in [5.74, 6) is 0.460. The average Bonchev–Trinajstić information content (AvgIpc) is 3.37. The van der Waals surface area contributed by atoms with Gasteiger partial charge < -0.3 is 19.1 Å². The number of methoxy groups -OCH3 is 1. The van der Waals surface area contributed by atoms with Crippen LogP contribution in [0.25, 0.3) is 0 Å². The number of hydrogen-bond acceptors (Lipinski definition) is 6. The molecule has 178 valence electrons. The summed E-state index contributed by atoms with van der Waals surface area (Å²) >= 11 is 0. The fourth-order valence-electron chi connectivity index (χ4n) is 4.20. The van der Waals surface area contributed by atoms with Crippen LogP contribution in [-0.2, 0) is 26.0 Å². The summed E-state index contributed by atoms with van der Waals surface area (Å²) in [7, 11) is -2.10. The van der Waals surface area contributed by atoms with Gasteiger partial charge in [-0.25, -0.2) is 8.42 Å². The Balaban J connectivity index is 1.60. The molecular formula is C24H30N2O6S. The molecule has 2 fully saturated rings. The number of sulfonamides is 1. The molecular weight excluding hydrogens is 444 g/mol. The molecule has 1 amide bonds. The van der Waals surface area contributed by atoms with Gasteiger partial charge in [0, 0.05) is 43.9 Å². The summed E-state index contributed by atoms with van der Waals surface area (Å²) in [6.45, 7) is 2.80. The molecule has 8 nitrogen and oxygen atoms in total. The maximum atomic E-state index is 13.6. The van der Waals surface area contributed by atoms with Gasteiger partial charge in [-0.2, -0.15) is 4.31 Å². The van der Waals surface area contributed by atoms with Crippen LogP contribution in [0, 0.1) is 0 Å². The summed E-state index contributed by atoms with van der Waals surface area (Å²) < 4.78 is 44.1. The van der Waals surface area contributed by atoms with E-state index in [1.54, 1.807) is 24.1 Å². The van der Waals surface area contributed by atoms with Gasteiger partial charge in [0.1, 0.15) is 5.75 Å². The minimum Gasteiger partial charge on any atom is -0.496 e. The third-order valence-electron chi connectivity index (χ3n) is 5.98. The molecule has 4 rings (SSSR count). The Morgan fingerprint density at radius 2 is 1.91 bits per heavy atom. The minimum absolute atomic E-state index is 0.0380. The maximum absolute atomic E-state index is 13.6. The lowest BCUT2D eigenvalue weighted by Gasteiger charge is -2.27. The van der Waals surface area contributed by atoms with E-state index in [1.807, 2.05) is 24.3 Å². The second-order valence-corrected chi connectivity index (χ2v) is 10.1. The van der Waals surface area contributed by atoms with Gasteiger partial charge in [-0.05, 0) is 37.1 Å². The number of hydrogen-bond donors (Lipinski definition) is 0. The molecule has 0 N–H and O–H groups in total. The van der Waals surface area contributed by atoms with Gasteiger partial charge in [0.15, 0.2) is 0 Å². The SMILES string of the molecule is COc1ccccc1CN(CC1CCCO1)C(=O)c1cccc(S(=O)(=O)N2CCOCC2)c1. The van der Waals surface area contributed by atoms with Gasteiger partial charge in [-0.1, -0.05) is 24.3 Å². The van der Waals surface area contributed by atoms with Crippen molar-refractivity contribution < 1.29 is 27.4 Å². The maximum Gasteiger partial charge on any atom is 0.254 e. The third kappa shape index (κ3) is 5.55. The van der Waals surface area contributed by atoms with E-state index in [-0.39, 0.29) is 16.9 Å². The topological polar surface area (TPSA) is 85.4 Å². The van der Waals surface area contributed by atoms with Crippen molar-refractivity contribution in [2.75, 3.05) is 46.6 Å². The first-order valence-corrected chi connectivity index (χ1v) is 12.6. The molecule has 2 aliphatic rings. The highest BCUT2D eigenvalue weighted by atomic mass is 32.2. The van der Waals surface area contributed by atoms with Crippen LogP contribution in [0.2, 0.25) is 0 Å². The van der Waals surface area contributed by atoms with Crippen LogP contribution < -0.4 is 4.74 Å². The van der Waals surface area contributed by atoms with Crippen LogP contribution in [0.4, 0.5) is 0 Å². The van der Waals surface area contributed by atoms with Crippen molar-refractivity contribution in [3.63, 3.8) is 0 Å². The van der Waals surface area contributed by atoms with Crippen LogP contribution in [0.15, 0.2) is 53.4 Å². The van der Waals surface area contributed by atoms with Crippen LogP contribution >= 0.6 is 0 Å². The zero-order valence-electron chi connectivity index (χ0n) is 18.8. The molecule has 0 aromatic heterocycles. The Bertz CT molecular complexity index is 1060. The normalized spacial score (nSPS) is 19.4. The molecule has 9 heteroatoms. The number of amides is 1. The Hall–Kier alpha value is -2.46. The molecule has 0 saturated carbocycles. The molecule has 33 heavy (non-hydrogen) atoms. The van der Waals surface area contributed by atoms with E-state index in [1.165, 1.54) is 16.4 Å². The van der Waals surface area contributed by atoms with Crippen molar-refractivity contribution in [2.45, 2.75) is 30.4 Å². The number of benzene rings is 2. The molecule has 0 spiro atoms. The largest absolute Gasteiger partial charge is 0.496 e. The van der Waals surface area contributed by atoms with Crippen molar-refractivity contribution in [2.24, 2.45) is 0 Å². The lowest BCUT2D eigenvalue weighted by molar-refractivity contribution is 0.0505. The molecule has 2 saturated heterocycles. The third-order valence-corrected chi connectivity index (χ3v) is 7.87. The first kappa shape index (κ1) is 23.7. The summed E-state index contributed by atoms with van der Waals surface area (Å²) in [6, 6.07) is 13.9. The van der Waals surface area contributed by atoms with Gasteiger partial charge in [0.05, 0.1) is 31.3 Å². The highest BCUT2D eigenvalue weighted by Crippen LogP contribution is 2.24. The Labute approximate surface area is 195 Å². The number of morpholine rings is 1. The molecule has 1 atom stereocenters. The summed E-state index contributed by atoms with van der Waals surface area (Å²) in [5.41, 5.74) is 1.21. The quantitative estimate of drug-likeness (QED) is 0.585. The number of nitrogens with zero attached hydrogens (tertiary/aromatic N) is 2. The predicted octanol–water partition coefficient (Wildman–Crippen LogP) is 2.54. The van der Waals surface area contributed by atoms with Crippen LogP contribution in [-0.4, -0.2) is 76.2 Å². The molecule has 0 radical (unpaired) electrons. The van der Waals surface area contributed by atoms with Crippen molar-refractivity contribution in [3.05, 3.63) is 59.7 Å². The van der Waals surface area contributed by atoms with E-state index in [9.17, 15) is 13.2 Å². The average molecular weight is 475 g/mol. The lowest BCUT2D eigenvalue weighted by atomic mass is 10.1. The molecule has 0 aliphatic carbocycles. The zero-order valence-corrected chi connectivity index (χ0v) is 19.6. The van der Waals surface area contributed by atoms with Crippen LogP contribution in [0.5, 0.6) is 5.75 Å². The van der Waals surface area contributed by atoms with Crippen molar-refractivity contribution >= 4 is 15.9 Å². The highest BCUT2D eigenvalue weighted by Gasteiger charge is 2.29. The van der Waals surface area contributed by atoms with E-state index >= 15 is 0 Å². The van der Waals surface area contributed by atoms with Crippen LogP contribution in [0.3, 0.4) is 0 Å². The predicted molar refractivity (Wildman–Crippen MR) is 123 cm³/mol. The second-order valence-electron chi connectivity index (χ2n) is 8.18. The molecule has 0 bridgehead atoms. The number of para-hydroxylation sites is 1. The van der Waals surface area contributed by atoms with E-state index in [0.717, 1.165) is 18.4 Å². The molecule has 1 unspecified atom stereocenters. The fourth-order valence-corrected chi connectivity index (χ4v) is 5.66. The highest BCUT2D eigenvalue weighted by molar-refractivity contribution is 7.89. The summed E-state index contributed by atoms with van der Waals surface area (Å²) in [5, 5.41) is 0. The zero-order chi connectivity index (χ0) is 23.3. The second kappa shape index (κ2) is 10.6. The molecule has 2 heterocycles. The fraction of sp³-hybridized carbons (Fsp3) is 0.458. The first-order valence-electron chi connectivity index (χ1n) is 11.2. The van der Waals surface area contributed by atoms with Gasteiger partial charge in [-0.3, -0.25) is 4.79 Å². The molecule has 2 aromatic rings. The molecule has 2 aliphatic heterocycles. The van der Waals surface area contributed by atoms with Gasteiger partial charge in [0.25, 0.3) is 5.91 Å². The molecule has 2 aromatic carbocycles. The van der Waals surface area contributed by atoms with Crippen LogP contribution in [0.1, 0.15) is 28.8 Å². The van der Waals surface area contributed by atoms with E-state index in [4.69, 9.17) is 14.2 Å². The summed E-state index contributed by atoms with van der Waals surface area (Å²) in [6.07, 6.45) is 1.82. The Morgan fingerprint density at radius 3 is 2.64 bits per heavy atom. The summed E-state index contributed by atoms with van der Waals surface area (Å²) in [4.78, 5) is 15.4. The smallest absolute Gasteiger partial charge is 0.254 e. The number of carbonyl (C=O) groups excluding carboxylic acids is 1. The van der Waals surface area contributed by atoms with Crippen molar-refractivity contribution in [3.8, 4) is 5.75 Å². The number of carbonyl (C=O) groups is 1.